The van der Waals surface area contributed by atoms with Crippen LogP contribution < -0.4 is 0 Å². The van der Waals surface area contributed by atoms with E-state index >= 15 is 0 Å². The Bertz CT molecular complexity index is 183. The van der Waals surface area contributed by atoms with Crippen LogP contribution in [-0.2, 0) is 4.74 Å². The van der Waals surface area contributed by atoms with Crippen LogP contribution in [0.3, 0.4) is 0 Å². The van der Waals surface area contributed by atoms with E-state index in [1.807, 2.05) is 0 Å². The van der Waals surface area contributed by atoms with Crippen LogP contribution in [0.4, 0.5) is 26.3 Å². The van der Waals surface area contributed by atoms with Gasteiger partial charge in [0.25, 0.3) is 5.60 Å². The average Bonchev–Trinajstić information content (AvgIpc) is 2.00. The van der Waals surface area contributed by atoms with E-state index in [0.29, 0.717) is 0 Å². The predicted octanol–water partition coefficient (Wildman–Crippen LogP) is 2.27. The summed E-state index contributed by atoms with van der Waals surface area (Å²) in [7, 11) is 0. The molecule has 0 unspecified atom stereocenters. The largest absolute Gasteiger partial charge is 0.428 e. The van der Waals surface area contributed by atoms with E-state index in [-0.39, 0.29) is 13.0 Å². The van der Waals surface area contributed by atoms with Gasteiger partial charge in [0.1, 0.15) is 0 Å². The monoisotopic (exact) mass is 240 g/mol. The summed E-state index contributed by atoms with van der Waals surface area (Å²) in [6.07, 6.45) is -11.4. The van der Waals surface area contributed by atoms with Gasteiger partial charge in [0.15, 0.2) is 0 Å². The molecule has 0 fully saturated rings. The highest BCUT2D eigenvalue weighted by Gasteiger charge is 2.70. The molecule has 0 saturated carbocycles. The van der Waals surface area contributed by atoms with Gasteiger partial charge in [0, 0.05) is 6.61 Å². The van der Waals surface area contributed by atoms with Crippen LogP contribution in [-0.4, -0.2) is 36.3 Å². The summed E-state index contributed by atoms with van der Waals surface area (Å²) in [6.45, 7) is -0.609. The van der Waals surface area contributed by atoms with Crippen molar-refractivity contribution in [2.24, 2.45) is 0 Å². The van der Waals surface area contributed by atoms with Gasteiger partial charge in [-0.2, -0.15) is 26.3 Å². The molecule has 0 aromatic rings. The number of alkyl halides is 6. The molecule has 2 nitrogen and oxygen atoms in total. The molecule has 0 rings (SSSR count). The van der Waals surface area contributed by atoms with E-state index in [9.17, 15) is 26.3 Å². The zero-order chi connectivity index (χ0) is 12.3. The molecule has 1 N–H and O–H groups in total. The zero-order valence-corrected chi connectivity index (χ0v) is 7.74. The number of rotatable bonds is 4. The highest BCUT2D eigenvalue weighted by Crippen LogP contribution is 2.43. The Hall–Kier alpha value is -0.500. The third-order valence-corrected chi connectivity index (χ3v) is 1.60. The van der Waals surface area contributed by atoms with Crippen molar-refractivity contribution in [1.82, 2.24) is 0 Å². The highest BCUT2D eigenvalue weighted by molar-refractivity contribution is 4.93. The lowest BCUT2D eigenvalue weighted by Gasteiger charge is -2.31. The molecule has 0 aromatic carbocycles. The maximum absolute atomic E-state index is 12.0. The third-order valence-electron chi connectivity index (χ3n) is 1.60. The van der Waals surface area contributed by atoms with Crippen LogP contribution in [0.25, 0.3) is 0 Å². The second-order valence-electron chi connectivity index (χ2n) is 2.91. The fourth-order valence-electron chi connectivity index (χ4n) is 0.689. The number of hydrogen-bond acceptors (Lipinski definition) is 2. The summed E-state index contributed by atoms with van der Waals surface area (Å²) in [5.74, 6) is 0. The zero-order valence-electron chi connectivity index (χ0n) is 7.74. The van der Waals surface area contributed by atoms with Gasteiger partial charge in [-0.1, -0.05) is 6.92 Å². The van der Waals surface area contributed by atoms with Crippen molar-refractivity contribution < 1.29 is 36.2 Å². The smallest absolute Gasteiger partial charge is 0.378 e. The van der Waals surface area contributed by atoms with Crippen molar-refractivity contribution in [3.63, 3.8) is 0 Å². The summed E-state index contributed by atoms with van der Waals surface area (Å²) in [5, 5.41) is 8.54. The van der Waals surface area contributed by atoms with Gasteiger partial charge in [0.2, 0.25) is 0 Å². The Labute approximate surface area is 81.8 Å². The second kappa shape index (κ2) is 4.56. The Morgan fingerprint density at radius 2 is 1.40 bits per heavy atom. The first-order valence-electron chi connectivity index (χ1n) is 4.00. The Balaban J connectivity index is 4.74. The van der Waals surface area contributed by atoms with Crippen LogP contribution in [0, 0.1) is 0 Å². The minimum Gasteiger partial charge on any atom is -0.378 e. The lowest BCUT2D eigenvalue weighted by Crippen LogP contribution is -2.60. The van der Waals surface area contributed by atoms with Gasteiger partial charge >= 0.3 is 12.4 Å². The Morgan fingerprint density at radius 1 is 1.00 bits per heavy atom. The van der Waals surface area contributed by atoms with Gasteiger partial charge in [0.05, 0.1) is 6.61 Å². The van der Waals surface area contributed by atoms with Crippen molar-refractivity contribution in [3.8, 4) is 0 Å². The topological polar surface area (TPSA) is 29.5 Å². The maximum Gasteiger partial charge on any atom is 0.428 e. The summed E-state index contributed by atoms with van der Waals surface area (Å²) in [6, 6.07) is 0. The van der Waals surface area contributed by atoms with Crippen molar-refractivity contribution in [2.45, 2.75) is 31.3 Å². The van der Waals surface area contributed by atoms with Gasteiger partial charge in [-0.25, -0.2) is 0 Å². The Morgan fingerprint density at radius 3 is 1.67 bits per heavy atom. The van der Waals surface area contributed by atoms with Crippen molar-refractivity contribution in [3.05, 3.63) is 0 Å². The SMILES string of the molecule is CCCOCC(O)(C(F)(F)F)C(F)(F)F. The molecular formula is C7H10F6O2. The molecule has 0 bridgehead atoms. The van der Waals surface area contributed by atoms with Crippen LogP contribution in [0.15, 0.2) is 0 Å². The fourth-order valence-corrected chi connectivity index (χ4v) is 0.689. The molecule has 92 valence electrons. The first-order chi connectivity index (χ1) is 6.56. The normalized spacial score (nSPS) is 14.4. The molecule has 0 atom stereocenters. The van der Waals surface area contributed by atoms with E-state index in [2.05, 4.69) is 4.74 Å². The molecule has 0 amide bonds. The average molecular weight is 240 g/mol. The van der Waals surface area contributed by atoms with E-state index in [1.165, 1.54) is 6.92 Å². The van der Waals surface area contributed by atoms with Crippen LogP contribution in [0.2, 0.25) is 0 Å². The lowest BCUT2D eigenvalue weighted by molar-refractivity contribution is -0.378. The summed E-state index contributed by atoms with van der Waals surface area (Å²) >= 11 is 0. The van der Waals surface area contributed by atoms with E-state index in [1.54, 1.807) is 0 Å². The van der Waals surface area contributed by atoms with Gasteiger partial charge in [-0.15, -0.1) is 0 Å². The quantitative estimate of drug-likeness (QED) is 0.603. The molecule has 0 aromatic heterocycles. The molecule has 0 heterocycles. The van der Waals surface area contributed by atoms with Crippen molar-refractivity contribution in [2.75, 3.05) is 13.2 Å². The molecular weight excluding hydrogens is 230 g/mol. The molecule has 0 aliphatic heterocycles. The maximum atomic E-state index is 12.0. The first-order valence-corrected chi connectivity index (χ1v) is 4.00. The van der Waals surface area contributed by atoms with Crippen molar-refractivity contribution >= 4 is 0 Å². The summed E-state index contributed by atoms with van der Waals surface area (Å²) < 4.78 is 76.0. The van der Waals surface area contributed by atoms with Gasteiger partial charge in [-0.05, 0) is 6.42 Å². The third kappa shape index (κ3) is 3.23. The molecule has 0 aliphatic carbocycles. The standard InChI is InChI=1S/C7H10F6O2/c1-2-3-15-4-5(14,6(8,9)10)7(11,12)13/h14H,2-4H2,1H3. The van der Waals surface area contributed by atoms with Gasteiger partial charge in [-0.3, -0.25) is 0 Å². The van der Waals surface area contributed by atoms with Crippen LogP contribution in [0.5, 0.6) is 0 Å². The van der Waals surface area contributed by atoms with Crippen molar-refractivity contribution in [1.29, 1.82) is 0 Å². The van der Waals surface area contributed by atoms with E-state index in [4.69, 9.17) is 5.11 Å². The summed E-state index contributed by atoms with van der Waals surface area (Å²) in [5.41, 5.74) is -4.80. The molecule has 0 radical (unpaired) electrons. The fraction of sp³-hybridized carbons (Fsp3) is 1.00. The van der Waals surface area contributed by atoms with Crippen LogP contribution >= 0.6 is 0 Å². The van der Waals surface area contributed by atoms with E-state index in [0.717, 1.165) is 0 Å². The first kappa shape index (κ1) is 14.5. The number of ether oxygens (including phenoxy) is 1. The lowest BCUT2D eigenvalue weighted by atomic mass is 10.0. The number of halogens is 6. The molecule has 15 heavy (non-hydrogen) atoms. The number of aliphatic hydroxyl groups is 1. The van der Waals surface area contributed by atoms with Crippen LogP contribution in [0.1, 0.15) is 13.3 Å². The molecule has 0 spiro atoms. The number of hydrogen-bond donors (Lipinski definition) is 1. The highest BCUT2D eigenvalue weighted by atomic mass is 19.4. The Kier molecular flexibility index (Phi) is 4.41. The minimum atomic E-state index is -5.81. The molecule has 8 heteroatoms. The minimum absolute atomic E-state index is 0.256. The molecule has 0 aliphatic rings. The van der Waals surface area contributed by atoms with Gasteiger partial charge < -0.3 is 9.84 Å². The predicted molar refractivity (Wildman–Crippen MR) is 38.2 cm³/mol. The second-order valence-corrected chi connectivity index (χ2v) is 2.91. The summed E-state index contributed by atoms with van der Waals surface area (Å²) in [4.78, 5) is 0. The molecule has 0 saturated heterocycles. The van der Waals surface area contributed by atoms with E-state index < -0.39 is 24.6 Å².